The van der Waals surface area contributed by atoms with Crippen LogP contribution in [-0.4, -0.2) is 62.1 Å². The summed E-state index contributed by atoms with van der Waals surface area (Å²) in [6.45, 7) is 1.46. The average molecular weight is 402 g/mol. The number of benzene rings is 1. The van der Waals surface area contributed by atoms with Crippen molar-refractivity contribution in [1.29, 1.82) is 0 Å². The van der Waals surface area contributed by atoms with Gasteiger partial charge in [0, 0.05) is 12.1 Å². The quantitative estimate of drug-likeness (QED) is 0.366. The Balaban J connectivity index is 0.000000390. The second kappa shape index (κ2) is 9.13. The van der Waals surface area contributed by atoms with E-state index in [4.69, 9.17) is 17.5 Å². The minimum atomic E-state index is -4.92. The van der Waals surface area contributed by atoms with Crippen molar-refractivity contribution in [2.45, 2.75) is 31.5 Å². The first-order valence-electron chi connectivity index (χ1n) is 7.95. The molecule has 140 valence electrons. The summed E-state index contributed by atoms with van der Waals surface area (Å²) in [5.41, 5.74) is 1.92. The molecule has 2 saturated heterocycles. The van der Waals surface area contributed by atoms with Gasteiger partial charge in [0.15, 0.2) is 6.03 Å². The summed E-state index contributed by atoms with van der Waals surface area (Å²) >= 11 is 0. The van der Waals surface area contributed by atoms with E-state index in [0.717, 1.165) is 30.6 Å². The topological polar surface area (TPSA) is 143 Å². The van der Waals surface area contributed by atoms with Crippen LogP contribution in [-0.2, 0) is 16.9 Å². The van der Waals surface area contributed by atoms with Crippen LogP contribution >= 0.6 is 0 Å². The van der Waals surface area contributed by atoms with Crippen molar-refractivity contribution in [2.75, 3.05) is 6.54 Å². The van der Waals surface area contributed by atoms with E-state index < -0.39 is 10.4 Å². The summed E-state index contributed by atoms with van der Waals surface area (Å²) in [5.74, 6) is 0. The predicted octanol–water partition coefficient (Wildman–Crippen LogP) is -1.71. The molecule has 3 heterocycles. The molecule has 1 aromatic heterocycles. The molecule has 0 saturated carbocycles. The largest absolute Gasteiger partial charge is 1.00 e. The first kappa shape index (κ1) is 21.8. The van der Waals surface area contributed by atoms with Crippen molar-refractivity contribution in [3.63, 3.8) is 0 Å². The van der Waals surface area contributed by atoms with Gasteiger partial charge in [-0.25, -0.2) is 8.42 Å². The van der Waals surface area contributed by atoms with E-state index in [1.165, 1.54) is 0 Å². The first-order chi connectivity index (χ1) is 12.3. The second-order valence-electron chi connectivity index (χ2n) is 6.07. The van der Waals surface area contributed by atoms with Gasteiger partial charge in [0.05, 0.1) is 6.20 Å². The summed E-state index contributed by atoms with van der Waals surface area (Å²) in [5, 5.41) is 12.5. The third kappa shape index (κ3) is 6.26. The first-order valence-corrected chi connectivity index (χ1v) is 9.31. The van der Waals surface area contributed by atoms with Crippen LogP contribution in [0.2, 0.25) is 0 Å². The van der Waals surface area contributed by atoms with Crippen LogP contribution in [0.25, 0.3) is 16.6 Å². The smallest absolute Gasteiger partial charge is 0.726 e. The molecule has 12 heteroatoms. The van der Waals surface area contributed by atoms with Crippen LogP contribution in [0.15, 0.2) is 36.5 Å². The SMILES string of the molecule is O=C1[N-][C@@H]2CC[C@@H](Cn3cc(-c4ccccc4)nn3)N1C2.O=S(=O)([O-])O.[Na+]. The summed E-state index contributed by atoms with van der Waals surface area (Å²) < 4.78 is 34.7. The number of carbonyl (C=O) groups is 1. The molecule has 10 nitrogen and oxygen atoms in total. The molecule has 2 aromatic rings. The number of hydrogen-bond acceptors (Lipinski definition) is 6. The minimum Gasteiger partial charge on any atom is -0.726 e. The number of urea groups is 1. The zero-order chi connectivity index (χ0) is 18.7. The maximum absolute atomic E-state index is 11.8. The zero-order valence-electron chi connectivity index (χ0n) is 14.7. The molecule has 1 N–H and O–H groups in total. The van der Waals surface area contributed by atoms with Crippen LogP contribution in [0.3, 0.4) is 0 Å². The van der Waals surface area contributed by atoms with E-state index in [-0.39, 0.29) is 47.7 Å². The fourth-order valence-electron chi connectivity index (χ4n) is 3.11. The van der Waals surface area contributed by atoms with Gasteiger partial charge in [-0.1, -0.05) is 42.0 Å². The Morgan fingerprint density at radius 1 is 1.26 bits per heavy atom. The van der Waals surface area contributed by atoms with E-state index in [0.29, 0.717) is 6.54 Å². The molecule has 0 radical (unpaired) electrons. The Morgan fingerprint density at radius 3 is 2.59 bits per heavy atom. The number of amides is 2. The van der Waals surface area contributed by atoms with E-state index in [1.54, 1.807) is 0 Å². The monoisotopic (exact) mass is 402 g/mol. The van der Waals surface area contributed by atoms with E-state index in [9.17, 15) is 4.79 Å². The maximum Gasteiger partial charge on any atom is 1.00 e. The predicted molar refractivity (Wildman–Crippen MR) is 90.1 cm³/mol. The molecule has 27 heavy (non-hydrogen) atoms. The summed E-state index contributed by atoms with van der Waals surface area (Å²) in [7, 11) is -4.92. The van der Waals surface area contributed by atoms with Crippen molar-refractivity contribution >= 4 is 16.4 Å². The van der Waals surface area contributed by atoms with Gasteiger partial charge in [0.25, 0.3) is 0 Å². The van der Waals surface area contributed by atoms with Gasteiger partial charge in [-0.2, -0.15) is 0 Å². The number of piperidine rings is 1. The number of rotatable bonds is 3. The zero-order valence-corrected chi connectivity index (χ0v) is 17.5. The molecule has 0 spiro atoms. The van der Waals surface area contributed by atoms with Gasteiger partial charge in [0.1, 0.15) is 5.69 Å². The molecule has 4 rings (SSSR count). The minimum absolute atomic E-state index is 0. The van der Waals surface area contributed by atoms with Crippen molar-refractivity contribution < 1.29 is 51.9 Å². The fourth-order valence-corrected chi connectivity index (χ4v) is 3.11. The second-order valence-corrected chi connectivity index (χ2v) is 6.92. The molecule has 1 aromatic carbocycles. The number of hydrogen-bond donors (Lipinski definition) is 1. The molecule has 2 aliphatic rings. The third-order valence-corrected chi connectivity index (χ3v) is 4.23. The molecule has 0 unspecified atom stereocenters. The van der Waals surface area contributed by atoms with Gasteiger partial charge < -0.3 is 14.8 Å². The molecular formula is C15H17N5NaO5S-. The standard InChI is InChI=1S/C15H17N5O.Na.H2O4S/c21-15-16-12-6-7-13(20(15)8-12)9-19-10-14(17-18-19)11-4-2-1-3-5-11;;1-5(2,3)4/h1-5,10,12-13H,6-9H2,(H,16,21);;(H2,1,2,3,4)/q;+1;/p-2/t12-,13+;;/m1../s1. The van der Waals surface area contributed by atoms with Crippen molar-refractivity contribution in [3.05, 3.63) is 41.8 Å². The number of nitrogens with zero attached hydrogens (tertiary/aromatic N) is 5. The Morgan fingerprint density at radius 2 is 1.93 bits per heavy atom. The van der Waals surface area contributed by atoms with Gasteiger partial charge >= 0.3 is 29.6 Å². The van der Waals surface area contributed by atoms with Crippen LogP contribution in [0, 0.1) is 0 Å². The van der Waals surface area contributed by atoms with Crippen LogP contribution < -0.4 is 29.6 Å². The van der Waals surface area contributed by atoms with Crippen LogP contribution in [0.5, 0.6) is 0 Å². The van der Waals surface area contributed by atoms with E-state index >= 15 is 0 Å². The number of fused-ring (bicyclic) bond motifs is 2. The summed E-state index contributed by atoms with van der Waals surface area (Å²) in [6.07, 6.45) is 3.92. The van der Waals surface area contributed by atoms with Gasteiger partial charge in [-0.15, -0.1) is 5.10 Å². The summed E-state index contributed by atoms with van der Waals surface area (Å²) in [6, 6.07) is 10.3. The molecule has 2 bridgehead atoms. The van der Waals surface area contributed by atoms with Gasteiger partial charge in [0.2, 0.25) is 10.4 Å². The Kier molecular flexibility index (Phi) is 7.37. The third-order valence-electron chi connectivity index (χ3n) is 4.23. The fraction of sp³-hybridized carbons (Fsp3) is 0.400. The van der Waals surface area contributed by atoms with E-state index in [1.807, 2.05) is 46.1 Å². The Hall–Kier alpha value is -1.50. The normalized spacial score (nSPS) is 21.0. The Labute approximate surface area is 178 Å². The van der Waals surface area contributed by atoms with Crippen LogP contribution in [0.1, 0.15) is 12.8 Å². The maximum atomic E-state index is 11.8. The van der Waals surface area contributed by atoms with Crippen molar-refractivity contribution in [2.24, 2.45) is 0 Å². The number of carbonyl (C=O) groups excluding carboxylic acids is 1. The molecular weight excluding hydrogens is 385 g/mol. The molecule has 2 amide bonds. The average Bonchev–Trinajstić information content (AvgIpc) is 3.15. The van der Waals surface area contributed by atoms with Crippen molar-refractivity contribution in [3.8, 4) is 11.3 Å². The van der Waals surface area contributed by atoms with Gasteiger partial charge in [-0.05, 0) is 25.0 Å². The molecule has 2 atom stereocenters. The van der Waals surface area contributed by atoms with Gasteiger partial charge in [-0.3, -0.25) is 14.0 Å². The van der Waals surface area contributed by atoms with Crippen molar-refractivity contribution in [1.82, 2.24) is 19.9 Å². The van der Waals surface area contributed by atoms with Crippen LogP contribution in [0.4, 0.5) is 4.79 Å². The number of aromatic nitrogens is 3. The summed E-state index contributed by atoms with van der Waals surface area (Å²) in [4.78, 5) is 13.7. The molecule has 2 aliphatic heterocycles. The molecule has 0 aliphatic carbocycles. The molecule has 2 fully saturated rings. The van der Waals surface area contributed by atoms with E-state index in [2.05, 4.69) is 15.6 Å². The Bertz CT molecular complexity index is 868.